The van der Waals surface area contributed by atoms with E-state index < -0.39 is 0 Å². The molecule has 0 saturated carbocycles. The molecule has 0 saturated heterocycles. The molecule has 3 aromatic carbocycles. The highest BCUT2D eigenvalue weighted by atomic mass is 16.5. The molecule has 0 aromatic heterocycles. The molecule has 6 heteroatoms. The Balaban J connectivity index is 1.69. The molecule has 0 aliphatic carbocycles. The van der Waals surface area contributed by atoms with Crippen LogP contribution in [0.15, 0.2) is 78.9 Å². The van der Waals surface area contributed by atoms with Crippen LogP contribution in [0.2, 0.25) is 0 Å². The summed E-state index contributed by atoms with van der Waals surface area (Å²) in [6.07, 6.45) is 0.622. The number of carbonyl (C=O) groups is 2. The lowest BCUT2D eigenvalue weighted by atomic mass is 9.90. The van der Waals surface area contributed by atoms with E-state index in [2.05, 4.69) is 5.32 Å². The maximum Gasteiger partial charge on any atom is 0.326 e. The number of carbonyl (C=O) groups excluding carboxylic acids is 2. The van der Waals surface area contributed by atoms with Gasteiger partial charge in [-0.05, 0) is 49.2 Å². The van der Waals surface area contributed by atoms with E-state index >= 15 is 0 Å². The zero-order valence-corrected chi connectivity index (χ0v) is 18.5. The maximum atomic E-state index is 13.3. The second-order valence-electron chi connectivity index (χ2n) is 7.92. The summed E-state index contributed by atoms with van der Waals surface area (Å²) in [5.74, 6) is 0.646. The monoisotopic (exact) mass is 429 g/mol. The normalized spacial score (nSPS) is 17.3. The van der Waals surface area contributed by atoms with Crippen molar-refractivity contribution in [2.45, 2.75) is 32.4 Å². The number of fused-ring (bicyclic) bond motifs is 1. The molecule has 2 atom stereocenters. The number of nitrogens with one attached hydrogen (secondary N) is 1. The van der Waals surface area contributed by atoms with E-state index in [1.165, 1.54) is 0 Å². The van der Waals surface area contributed by atoms with Crippen LogP contribution in [-0.2, 0) is 4.79 Å². The molecule has 0 bridgehead atoms. The van der Waals surface area contributed by atoms with Gasteiger partial charge in [0, 0.05) is 30.4 Å². The zero-order valence-electron chi connectivity index (χ0n) is 18.5. The summed E-state index contributed by atoms with van der Waals surface area (Å²) in [5, 5.41) is 2.98. The molecule has 2 unspecified atom stereocenters. The Labute approximate surface area is 188 Å². The third kappa shape index (κ3) is 4.17. The predicted octanol–water partition coefficient (Wildman–Crippen LogP) is 5.62. The Hall–Kier alpha value is -3.80. The van der Waals surface area contributed by atoms with E-state index in [0.29, 0.717) is 17.9 Å². The predicted molar refractivity (Wildman–Crippen MR) is 127 cm³/mol. The standard InChI is InChI=1S/C26H27N3O3/c1-18-16-25(29(19(2)30)21-11-5-4-6-12-21)23-14-7-8-15-24(23)28(18)26(31)27-20-10-9-13-22(17-20)32-3/h4-15,17-18,25H,16H2,1-3H3,(H,27,31). The molecular formula is C26H27N3O3. The van der Waals surface area contributed by atoms with Gasteiger partial charge in [0.25, 0.3) is 0 Å². The summed E-state index contributed by atoms with van der Waals surface area (Å²) >= 11 is 0. The Morgan fingerprint density at radius 2 is 1.72 bits per heavy atom. The summed E-state index contributed by atoms with van der Waals surface area (Å²) in [5.41, 5.74) is 3.27. The second-order valence-corrected chi connectivity index (χ2v) is 7.92. The fourth-order valence-corrected chi connectivity index (χ4v) is 4.39. The van der Waals surface area contributed by atoms with E-state index in [9.17, 15) is 9.59 Å². The molecule has 1 N–H and O–H groups in total. The number of anilines is 3. The maximum absolute atomic E-state index is 13.3. The molecule has 32 heavy (non-hydrogen) atoms. The molecule has 0 fully saturated rings. The first-order valence-electron chi connectivity index (χ1n) is 10.7. The number of hydrogen-bond donors (Lipinski definition) is 1. The fourth-order valence-electron chi connectivity index (χ4n) is 4.39. The number of urea groups is 1. The van der Waals surface area contributed by atoms with E-state index in [1.807, 2.05) is 84.6 Å². The molecule has 1 heterocycles. The molecular weight excluding hydrogens is 402 g/mol. The fraction of sp³-hybridized carbons (Fsp3) is 0.231. The molecule has 0 spiro atoms. The SMILES string of the molecule is COc1cccc(NC(=O)N2c3ccccc3C(N(C(C)=O)c3ccccc3)CC2C)c1. The average molecular weight is 430 g/mol. The third-order valence-corrected chi connectivity index (χ3v) is 5.79. The number of hydrogen-bond acceptors (Lipinski definition) is 3. The Kier molecular flexibility index (Phi) is 6.12. The van der Waals surface area contributed by atoms with Crippen molar-refractivity contribution in [3.63, 3.8) is 0 Å². The Morgan fingerprint density at radius 3 is 2.44 bits per heavy atom. The van der Waals surface area contributed by atoms with Gasteiger partial charge in [-0.3, -0.25) is 9.69 Å². The van der Waals surface area contributed by atoms with Crippen molar-refractivity contribution in [1.82, 2.24) is 0 Å². The highest BCUT2D eigenvalue weighted by molar-refractivity contribution is 6.03. The van der Waals surface area contributed by atoms with Crippen LogP contribution in [0.25, 0.3) is 0 Å². The summed E-state index contributed by atoms with van der Waals surface area (Å²) < 4.78 is 5.26. The van der Waals surface area contributed by atoms with E-state index in [1.54, 1.807) is 25.0 Å². The summed E-state index contributed by atoms with van der Waals surface area (Å²) in [7, 11) is 1.59. The third-order valence-electron chi connectivity index (χ3n) is 5.79. The Morgan fingerprint density at radius 1 is 1.00 bits per heavy atom. The lowest BCUT2D eigenvalue weighted by Crippen LogP contribution is -2.49. The highest BCUT2D eigenvalue weighted by Crippen LogP contribution is 2.42. The van der Waals surface area contributed by atoms with E-state index in [-0.39, 0.29) is 24.0 Å². The van der Waals surface area contributed by atoms with E-state index in [0.717, 1.165) is 16.9 Å². The largest absolute Gasteiger partial charge is 0.497 e. The number of nitrogens with zero attached hydrogens (tertiary/aromatic N) is 2. The van der Waals surface area contributed by atoms with Crippen molar-refractivity contribution in [3.05, 3.63) is 84.4 Å². The van der Waals surface area contributed by atoms with Gasteiger partial charge >= 0.3 is 6.03 Å². The van der Waals surface area contributed by atoms with Crippen molar-refractivity contribution < 1.29 is 14.3 Å². The van der Waals surface area contributed by atoms with Crippen molar-refractivity contribution >= 4 is 29.0 Å². The summed E-state index contributed by atoms with van der Waals surface area (Å²) in [4.78, 5) is 29.6. The molecule has 164 valence electrons. The average Bonchev–Trinajstić information content (AvgIpc) is 2.79. The summed E-state index contributed by atoms with van der Waals surface area (Å²) in [6, 6.07) is 24.3. The minimum absolute atomic E-state index is 0.0301. The van der Waals surface area contributed by atoms with Gasteiger partial charge in [0.05, 0.1) is 18.8 Å². The second kappa shape index (κ2) is 9.14. The van der Waals surface area contributed by atoms with Gasteiger partial charge in [0.1, 0.15) is 5.75 Å². The van der Waals surface area contributed by atoms with Crippen LogP contribution < -0.4 is 19.9 Å². The number of ether oxygens (including phenoxy) is 1. The zero-order chi connectivity index (χ0) is 22.7. The van der Waals surface area contributed by atoms with Crippen LogP contribution in [0.3, 0.4) is 0 Å². The smallest absolute Gasteiger partial charge is 0.326 e. The molecule has 0 radical (unpaired) electrons. The van der Waals surface area contributed by atoms with Crippen molar-refractivity contribution in [1.29, 1.82) is 0 Å². The molecule has 1 aliphatic rings. The number of amides is 3. The van der Waals surface area contributed by atoms with Gasteiger partial charge in [-0.15, -0.1) is 0 Å². The molecule has 4 rings (SSSR count). The molecule has 3 amide bonds. The van der Waals surface area contributed by atoms with Crippen LogP contribution >= 0.6 is 0 Å². The molecule has 6 nitrogen and oxygen atoms in total. The Bertz CT molecular complexity index is 1120. The molecule has 3 aromatic rings. The first kappa shape index (κ1) is 21.4. The first-order chi connectivity index (χ1) is 15.5. The number of para-hydroxylation sites is 2. The number of benzene rings is 3. The van der Waals surface area contributed by atoms with Crippen LogP contribution in [0.4, 0.5) is 21.9 Å². The van der Waals surface area contributed by atoms with Crippen molar-refractivity contribution in [2.75, 3.05) is 22.2 Å². The van der Waals surface area contributed by atoms with E-state index in [4.69, 9.17) is 4.74 Å². The minimum Gasteiger partial charge on any atom is -0.497 e. The number of methoxy groups -OCH3 is 1. The molecule has 1 aliphatic heterocycles. The van der Waals surface area contributed by atoms with Crippen molar-refractivity contribution in [3.8, 4) is 5.75 Å². The lowest BCUT2D eigenvalue weighted by Gasteiger charge is -2.43. The van der Waals surface area contributed by atoms with Crippen LogP contribution in [0.1, 0.15) is 31.9 Å². The van der Waals surface area contributed by atoms with Gasteiger partial charge in [-0.2, -0.15) is 0 Å². The van der Waals surface area contributed by atoms with Gasteiger partial charge in [0.15, 0.2) is 0 Å². The van der Waals surface area contributed by atoms with Gasteiger partial charge in [0.2, 0.25) is 5.91 Å². The van der Waals surface area contributed by atoms with Crippen LogP contribution in [0.5, 0.6) is 5.75 Å². The van der Waals surface area contributed by atoms with Crippen molar-refractivity contribution in [2.24, 2.45) is 0 Å². The minimum atomic E-state index is -0.217. The highest BCUT2D eigenvalue weighted by Gasteiger charge is 2.37. The quantitative estimate of drug-likeness (QED) is 0.585. The number of rotatable bonds is 4. The first-order valence-corrected chi connectivity index (χ1v) is 10.7. The summed E-state index contributed by atoms with van der Waals surface area (Å²) in [6.45, 7) is 3.60. The van der Waals surface area contributed by atoms with Gasteiger partial charge in [-0.25, -0.2) is 4.79 Å². The van der Waals surface area contributed by atoms with Crippen LogP contribution in [0, 0.1) is 0 Å². The lowest BCUT2D eigenvalue weighted by molar-refractivity contribution is -0.117. The van der Waals surface area contributed by atoms with Gasteiger partial charge < -0.3 is 15.0 Å². The van der Waals surface area contributed by atoms with Gasteiger partial charge in [-0.1, -0.05) is 42.5 Å². The topological polar surface area (TPSA) is 61.9 Å². The van der Waals surface area contributed by atoms with Crippen LogP contribution in [-0.4, -0.2) is 25.1 Å².